The Kier molecular flexibility index (Phi) is 6.70. The second kappa shape index (κ2) is 12.0. The van der Waals surface area contributed by atoms with Crippen LogP contribution in [-0.4, -0.2) is 18.9 Å². The van der Waals surface area contributed by atoms with Crippen LogP contribution in [0.2, 0.25) is 0 Å². The van der Waals surface area contributed by atoms with Crippen molar-refractivity contribution in [2.45, 2.75) is 12.3 Å². The fraction of sp³-hybridized carbons (Fsp3) is 0.0385. The van der Waals surface area contributed by atoms with Gasteiger partial charge in [-0.25, -0.2) is 9.97 Å². The van der Waals surface area contributed by atoms with Crippen molar-refractivity contribution in [3.05, 3.63) is 216 Å². The van der Waals surface area contributed by atoms with E-state index in [1.807, 2.05) is 6.20 Å². The van der Waals surface area contributed by atoms with E-state index in [0.717, 1.165) is 72.5 Å². The molecule has 4 aromatic heterocycles. The van der Waals surface area contributed by atoms with E-state index in [4.69, 9.17) is 14.7 Å². The highest BCUT2D eigenvalue weighted by Crippen LogP contribution is 2.54. The van der Waals surface area contributed by atoms with Gasteiger partial charge in [0.2, 0.25) is 0 Å². The van der Waals surface area contributed by atoms with E-state index < -0.39 is 5.41 Å². The highest BCUT2D eigenvalue weighted by Gasteiger charge is 2.45. The van der Waals surface area contributed by atoms with Crippen LogP contribution < -0.4 is 4.74 Å². The number of aromatic nitrogens is 4. The minimum absolute atomic E-state index is 0.568. The van der Waals surface area contributed by atoms with Gasteiger partial charge in [-0.05, 0) is 77.0 Å². The topological polar surface area (TPSA) is 44.4 Å². The molecule has 7 aromatic carbocycles. The average molecular weight is 731 g/mol. The van der Waals surface area contributed by atoms with Gasteiger partial charge in [0.1, 0.15) is 23.0 Å². The van der Waals surface area contributed by atoms with Crippen LogP contribution in [0.4, 0.5) is 0 Å². The molecule has 5 nitrogen and oxygen atoms in total. The SMILES string of the molecule is Cc1ccccc1-c1cn2c3ccccc3c3ccc(Oc4ccc5c6cccc7c6n(c5c4)-c4ncccc4C7(c4ccccc4)c4ccccc4)cc3c2n1. The van der Waals surface area contributed by atoms with E-state index in [1.54, 1.807) is 0 Å². The molecule has 0 atom stereocenters. The van der Waals surface area contributed by atoms with Crippen molar-refractivity contribution in [1.29, 1.82) is 0 Å². The quantitative estimate of drug-likeness (QED) is 0.166. The summed E-state index contributed by atoms with van der Waals surface area (Å²) >= 11 is 0. The lowest BCUT2D eigenvalue weighted by atomic mass is 9.63. The normalized spacial score (nSPS) is 13.1. The van der Waals surface area contributed by atoms with Crippen molar-refractivity contribution in [1.82, 2.24) is 18.9 Å². The van der Waals surface area contributed by atoms with Crippen molar-refractivity contribution >= 4 is 49.1 Å². The summed E-state index contributed by atoms with van der Waals surface area (Å²) in [5.74, 6) is 2.43. The Hall–Kier alpha value is -7.50. The summed E-state index contributed by atoms with van der Waals surface area (Å²) in [7, 11) is 0. The molecule has 0 N–H and O–H groups in total. The molecule has 0 saturated carbocycles. The molecule has 0 unspecified atom stereocenters. The van der Waals surface area contributed by atoms with Crippen LogP contribution in [0, 0.1) is 6.92 Å². The second-order valence-electron chi connectivity index (χ2n) is 15.0. The van der Waals surface area contributed by atoms with Crippen LogP contribution in [0.15, 0.2) is 188 Å². The monoisotopic (exact) mass is 730 g/mol. The summed E-state index contributed by atoms with van der Waals surface area (Å²) in [5, 5.41) is 5.69. The zero-order valence-corrected chi connectivity index (χ0v) is 31.1. The van der Waals surface area contributed by atoms with Gasteiger partial charge in [0.05, 0.1) is 27.7 Å². The van der Waals surface area contributed by atoms with Gasteiger partial charge in [-0.2, -0.15) is 0 Å². The molecule has 1 aliphatic rings. The largest absolute Gasteiger partial charge is 0.457 e. The standard InChI is InChI=1S/C52H34N4O/c1-33-14-8-9-19-38(33)46-32-55-47-24-11-10-20-40(47)39-27-25-36(30-43(39)50(55)54-46)57-37-26-28-41-42-21-12-22-44-49(42)56(48(41)31-37)51-45(23-13-29-53-51)52(44,34-15-4-2-5-16-34)35-17-6-3-7-18-35/h2-32H,1H3. The van der Waals surface area contributed by atoms with E-state index in [1.165, 1.54) is 33.0 Å². The highest BCUT2D eigenvalue weighted by molar-refractivity contribution is 6.13. The molecule has 0 saturated heterocycles. The Morgan fingerprint density at radius 1 is 0.526 bits per heavy atom. The number of hydrogen-bond donors (Lipinski definition) is 0. The summed E-state index contributed by atoms with van der Waals surface area (Å²) in [6.07, 6.45) is 4.07. The van der Waals surface area contributed by atoms with Crippen molar-refractivity contribution in [2.75, 3.05) is 0 Å². The van der Waals surface area contributed by atoms with Crippen LogP contribution in [0.1, 0.15) is 27.8 Å². The van der Waals surface area contributed by atoms with Gasteiger partial charge in [-0.1, -0.05) is 127 Å². The van der Waals surface area contributed by atoms with Crippen LogP contribution in [0.3, 0.4) is 0 Å². The molecule has 5 heteroatoms. The lowest BCUT2D eigenvalue weighted by Gasteiger charge is -2.41. The third-order valence-corrected chi connectivity index (χ3v) is 12.0. The molecular weight excluding hydrogens is 697 g/mol. The van der Waals surface area contributed by atoms with Gasteiger partial charge in [0, 0.05) is 51.1 Å². The Morgan fingerprint density at radius 3 is 2.00 bits per heavy atom. The predicted molar refractivity (Wildman–Crippen MR) is 231 cm³/mol. The molecule has 1 aliphatic heterocycles. The second-order valence-corrected chi connectivity index (χ2v) is 15.0. The van der Waals surface area contributed by atoms with E-state index >= 15 is 0 Å². The van der Waals surface area contributed by atoms with E-state index in [9.17, 15) is 0 Å². The number of benzene rings is 7. The van der Waals surface area contributed by atoms with E-state index in [0.29, 0.717) is 0 Å². The van der Waals surface area contributed by atoms with Crippen LogP contribution in [0.5, 0.6) is 11.5 Å². The highest BCUT2D eigenvalue weighted by atomic mass is 16.5. The van der Waals surface area contributed by atoms with Gasteiger partial charge in [0.25, 0.3) is 0 Å². The van der Waals surface area contributed by atoms with Crippen LogP contribution >= 0.6 is 0 Å². The first-order valence-corrected chi connectivity index (χ1v) is 19.4. The Morgan fingerprint density at radius 2 is 1.19 bits per heavy atom. The number of pyridine rings is 2. The minimum atomic E-state index is -0.568. The number of aryl methyl sites for hydroxylation is 1. The van der Waals surface area contributed by atoms with Crippen molar-refractivity contribution < 1.29 is 4.74 Å². The molecule has 0 bridgehead atoms. The third-order valence-electron chi connectivity index (χ3n) is 12.0. The van der Waals surface area contributed by atoms with Crippen molar-refractivity contribution in [3.63, 3.8) is 0 Å². The fourth-order valence-electron chi connectivity index (χ4n) is 9.61. The molecule has 5 heterocycles. The summed E-state index contributed by atoms with van der Waals surface area (Å²) < 4.78 is 11.4. The molecule has 57 heavy (non-hydrogen) atoms. The van der Waals surface area contributed by atoms with Crippen LogP contribution in [-0.2, 0) is 5.41 Å². The Labute approximate surface area is 328 Å². The molecule has 0 spiro atoms. The van der Waals surface area contributed by atoms with Gasteiger partial charge in [-0.15, -0.1) is 0 Å². The first kappa shape index (κ1) is 31.8. The molecule has 12 rings (SSSR count). The first-order valence-electron chi connectivity index (χ1n) is 19.4. The predicted octanol–water partition coefficient (Wildman–Crippen LogP) is 12.6. The maximum absolute atomic E-state index is 6.81. The summed E-state index contributed by atoms with van der Waals surface area (Å²) in [6.45, 7) is 2.14. The number of hydrogen-bond acceptors (Lipinski definition) is 3. The molecule has 268 valence electrons. The Balaban J connectivity index is 1.06. The maximum atomic E-state index is 6.81. The van der Waals surface area contributed by atoms with Crippen molar-refractivity contribution in [2.24, 2.45) is 0 Å². The molecule has 0 radical (unpaired) electrons. The molecule has 0 amide bonds. The Bertz CT molecular complexity index is 3360. The lowest BCUT2D eigenvalue weighted by molar-refractivity contribution is 0.484. The average Bonchev–Trinajstić information content (AvgIpc) is 3.86. The lowest BCUT2D eigenvalue weighted by Crippen LogP contribution is -2.35. The number of nitrogens with zero attached hydrogens (tertiary/aromatic N) is 4. The number of ether oxygens (including phenoxy) is 1. The maximum Gasteiger partial charge on any atom is 0.146 e. The minimum Gasteiger partial charge on any atom is -0.457 e. The third kappa shape index (κ3) is 4.45. The zero-order valence-electron chi connectivity index (χ0n) is 31.1. The van der Waals surface area contributed by atoms with Gasteiger partial charge in [-0.3, -0.25) is 8.97 Å². The van der Waals surface area contributed by atoms with Gasteiger partial charge < -0.3 is 4.74 Å². The first-order chi connectivity index (χ1) is 28.2. The molecule has 11 aromatic rings. The van der Waals surface area contributed by atoms with Gasteiger partial charge in [0.15, 0.2) is 0 Å². The van der Waals surface area contributed by atoms with Crippen LogP contribution in [0.25, 0.3) is 66.2 Å². The number of fused-ring (bicyclic) bond motifs is 11. The van der Waals surface area contributed by atoms with Gasteiger partial charge >= 0.3 is 0 Å². The smallest absolute Gasteiger partial charge is 0.146 e. The molecule has 0 fully saturated rings. The number of rotatable bonds is 5. The fourth-order valence-corrected chi connectivity index (χ4v) is 9.61. The number of para-hydroxylation sites is 2. The summed E-state index contributed by atoms with van der Waals surface area (Å²) in [4.78, 5) is 10.4. The van der Waals surface area contributed by atoms with E-state index in [2.05, 4.69) is 198 Å². The van der Waals surface area contributed by atoms with E-state index in [-0.39, 0.29) is 0 Å². The summed E-state index contributed by atoms with van der Waals surface area (Å²) in [5.41, 5.74) is 11.7. The van der Waals surface area contributed by atoms with Crippen molar-refractivity contribution in [3.8, 4) is 28.6 Å². The molecule has 0 aliphatic carbocycles. The number of imidazole rings is 1. The molecular formula is C52H34N4O. The summed E-state index contributed by atoms with van der Waals surface area (Å²) in [6, 6.07) is 62.6. The zero-order chi connectivity index (χ0) is 37.7.